The van der Waals surface area contributed by atoms with E-state index in [1.165, 1.54) is 35.6 Å². The summed E-state index contributed by atoms with van der Waals surface area (Å²) in [6.07, 6.45) is 2.99. The highest BCUT2D eigenvalue weighted by atomic mass is 16.6. The average Bonchev–Trinajstić information content (AvgIpc) is 2.90. The third-order valence-electron chi connectivity index (χ3n) is 2.82. The van der Waals surface area contributed by atoms with Gasteiger partial charge in [-0.3, -0.25) is 10.1 Å². The van der Waals surface area contributed by atoms with Crippen molar-refractivity contribution in [2.45, 2.75) is 6.54 Å². The van der Waals surface area contributed by atoms with Crippen molar-refractivity contribution < 1.29 is 19.2 Å². The summed E-state index contributed by atoms with van der Waals surface area (Å²) in [5, 5.41) is 20.2. The highest BCUT2D eigenvalue weighted by Crippen LogP contribution is 2.32. The van der Waals surface area contributed by atoms with E-state index in [0.717, 1.165) is 5.56 Å². The van der Waals surface area contributed by atoms with Gasteiger partial charge in [0.05, 0.1) is 23.0 Å². The summed E-state index contributed by atoms with van der Waals surface area (Å²) in [5.41, 5.74) is 0.522. The quantitative estimate of drug-likeness (QED) is 0.665. The fraction of sp³-hybridized carbons (Fsp3) is 0.154. The Bertz CT molecular complexity index is 604. The minimum Gasteiger partial charge on any atom is -0.478 e. The topological polar surface area (TPSA) is 96.8 Å². The summed E-state index contributed by atoms with van der Waals surface area (Å²) in [5.74, 6) is -1.21. The molecule has 0 atom stereocenters. The third kappa shape index (κ3) is 2.61. The number of anilines is 1. The molecule has 104 valence electrons. The molecule has 20 heavy (non-hydrogen) atoms. The van der Waals surface area contributed by atoms with Crippen LogP contribution in [0.15, 0.2) is 41.2 Å². The number of aromatic carboxylic acids is 1. The van der Waals surface area contributed by atoms with E-state index < -0.39 is 10.9 Å². The van der Waals surface area contributed by atoms with Gasteiger partial charge in [-0.05, 0) is 12.1 Å². The van der Waals surface area contributed by atoms with E-state index in [1.54, 1.807) is 13.1 Å². The lowest BCUT2D eigenvalue weighted by atomic mass is 10.1. The van der Waals surface area contributed by atoms with Crippen molar-refractivity contribution in [2.24, 2.45) is 0 Å². The number of benzene rings is 1. The summed E-state index contributed by atoms with van der Waals surface area (Å²) in [6, 6.07) is 5.70. The normalized spacial score (nSPS) is 10.2. The molecule has 1 aromatic heterocycles. The van der Waals surface area contributed by atoms with Crippen molar-refractivity contribution in [3.63, 3.8) is 0 Å². The molecule has 0 aliphatic rings. The monoisotopic (exact) mass is 276 g/mol. The number of furan rings is 1. The molecule has 0 aliphatic heterocycles. The summed E-state index contributed by atoms with van der Waals surface area (Å²) in [7, 11) is 1.60. The van der Waals surface area contributed by atoms with Crippen LogP contribution in [0.5, 0.6) is 0 Å². The Morgan fingerprint density at radius 1 is 1.45 bits per heavy atom. The molecule has 0 saturated heterocycles. The molecular weight excluding hydrogens is 264 g/mol. The molecule has 0 spiro atoms. The molecule has 0 bridgehead atoms. The minimum atomic E-state index is -1.21. The Morgan fingerprint density at radius 3 is 2.75 bits per heavy atom. The summed E-state index contributed by atoms with van der Waals surface area (Å²) >= 11 is 0. The van der Waals surface area contributed by atoms with E-state index in [2.05, 4.69) is 0 Å². The summed E-state index contributed by atoms with van der Waals surface area (Å²) in [4.78, 5) is 23.2. The second-order valence-corrected chi connectivity index (χ2v) is 4.22. The second kappa shape index (κ2) is 5.43. The van der Waals surface area contributed by atoms with Gasteiger partial charge in [0, 0.05) is 25.2 Å². The first-order valence-electron chi connectivity index (χ1n) is 5.73. The van der Waals surface area contributed by atoms with Crippen molar-refractivity contribution in [3.05, 3.63) is 58.0 Å². The molecule has 0 aliphatic carbocycles. The van der Waals surface area contributed by atoms with Gasteiger partial charge in [0.25, 0.3) is 5.69 Å². The van der Waals surface area contributed by atoms with Gasteiger partial charge in [0.1, 0.15) is 5.69 Å². The maximum Gasteiger partial charge on any atom is 0.338 e. The molecule has 0 fully saturated rings. The van der Waals surface area contributed by atoms with Gasteiger partial charge in [0.15, 0.2) is 0 Å². The zero-order chi connectivity index (χ0) is 14.7. The van der Waals surface area contributed by atoms with E-state index in [4.69, 9.17) is 4.42 Å². The van der Waals surface area contributed by atoms with Crippen LogP contribution in [0.1, 0.15) is 15.9 Å². The van der Waals surface area contributed by atoms with E-state index >= 15 is 0 Å². The van der Waals surface area contributed by atoms with E-state index in [0.29, 0.717) is 6.54 Å². The van der Waals surface area contributed by atoms with Gasteiger partial charge in [-0.1, -0.05) is 6.07 Å². The molecule has 1 aromatic carbocycles. The molecular formula is C13H12N2O5. The number of carboxylic acid groups (broad SMARTS) is 1. The first kappa shape index (κ1) is 13.6. The highest BCUT2D eigenvalue weighted by Gasteiger charge is 2.24. The zero-order valence-electron chi connectivity index (χ0n) is 10.6. The Hall–Kier alpha value is -2.83. The lowest BCUT2D eigenvalue weighted by Gasteiger charge is -2.20. The minimum absolute atomic E-state index is 0.0752. The molecule has 1 N–H and O–H groups in total. The molecule has 0 unspecified atom stereocenters. The van der Waals surface area contributed by atoms with Gasteiger partial charge in [-0.25, -0.2) is 4.79 Å². The van der Waals surface area contributed by atoms with Crippen LogP contribution in [-0.4, -0.2) is 23.0 Å². The van der Waals surface area contributed by atoms with E-state index in [9.17, 15) is 20.0 Å². The van der Waals surface area contributed by atoms with Gasteiger partial charge in [-0.2, -0.15) is 0 Å². The maximum absolute atomic E-state index is 11.2. The molecule has 2 rings (SSSR count). The SMILES string of the molecule is CN(Cc1ccoc1)c1c(C(=O)O)cccc1[N+](=O)[O-]. The van der Waals surface area contributed by atoms with Crippen LogP contribution in [0.3, 0.4) is 0 Å². The number of hydrogen-bond acceptors (Lipinski definition) is 5. The highest BCUT2D eigenvalue weighted by molar-refractivity contribution is 5.97. The number of carbonyl (C=O) groups is 1. The van der Waals surface area contributed by atoms with Crippen molar-refractivity contribution >= 4 is 17.3 Å². The molecule has 1 heterocycles. The number of nitrogens with zero attached hydrogens (tertiary/aromatic N) is 2. The van der Waals surface area contributed by atoms with Crippen molar-refractivity contribution in [2.75, 3.05) is 11.9 Å². The predicted molar refractivity (Wildman–Crippen MR) is 70.9 cm³/mol. The van der Waals surface area contributed by atoms with E-state index in [-0.39, 0.29) is 16.9 Å². The Labute approximate surface area is 114 Å². The number of para-hydroxylation sites is 1. The van der Waals surface area contributed by atoms with Crippen LogP contribution in [0.25, 0.3) is 0 Å². The van der Waals surface area contributed by atoms with Crippen LogP contribution >= 0.6 is 0 Å². The lowest BCUT2D eigenvalue weighted by Crippen LogP contribution is -2.20. The maximum atomic E-state index is 11.2. The smallest absolute Gasteiger partial charge is 0.338 e. The summed E-state index contributed by atoms with van der Waals surface area (Å²) in [6.45, 7) is 0.307. The van der Waals surface area contributed by atoms with Crippen LogP contribution < -0.4 is 4.90 Å². The van der Waals surface area contributed by atoms with Crippen LogP contribution in [0.2, 0.25) is 0 Å². The van der Waals surface area contributed by atoms with Crippen molar-refractivity contribution in [1.29, 1.82) is 0 Å². The molecule has 7 nitrogen and oxygen atoms in total. The largest absolute Gasteiger partial charge is 0.478 e. The predicted octanol–water partition coefficient (Wildman–Crippen LogP) is 2.52. The van der Waals surface area contributed by atoms with Crippen LogP contribution in [0, 0.1) is 10.1 Å². The number of hydrogen-bond donors (Lipinski definition) is 1. The molecule has 0 amide bonds. The van der Waals surface area contributed by atoms with Crippen LogP contribution in [0.4, 0.5) is 11.4 Å². The van der Waals surface area contributed by atoms with Gasteiger partial charge in [0.2, 0.25) is 0 Å². The Morgan fingerprint density at radius 2 is 2.20 bits per heavy atom. The lowest BCUT2D eigenvalue weighted by molar-refractivity contribution is -0.384. The Balaban J connectivity index is 2.46. The van der Waals surface area contributed by atoms with Gasteiger partial charge >= 0.3 is 5.97 Å². The van der Waals surface area contributed by atoms with Gasteiger partial charge < -0.3 is 14.4 Å². The number of nitro benzene ring substituents is 1. The average molecular weight is 276 g/mol. The molecule has 0 saturated carbocycles. The number of rotatable bonds is 5. The molecule has 0 radical (unpaired) electrons. The van der Waals surface area contributed by atoms with Crippen molar-refractivity contribution in [1.82, 2.24) is 0 Å². The van der Waals surface area contributed by atoms with Crippen molar-refractivity contribution in [3.8, 4) is 0 Å². The summed E-state index contributed by atoms with van der Waals surface area (Å²) < 4.78 is 4.93. The Kier molecular flexibility index (Phi) is 3.69. The van der Waals surface area contributed by atoms with E-state index in [1.807, 2.05) is 0 Å². The second-order valence-electron chi connectivity index (χ2n) is 4.22. The standard InChI is InChI=1S/C13H12N2O5/c1-14(7-9-5-6-20-8-9)12-10(13(16)17)3-2-4-11(12)15(18)19/h2-6,8H,7H2,1H3,(H,16,17). The van der Waals surface area contributed by atoms with Crippen LogP contribution in [-0.2, 0) is 6.54 Å². The molecule has 2 aromatic rings. The zero-order valence-corrected chi connectivity index (χ0v) is 10.6. The van der Waals surface area contributed by atoms with Gasteiger partial charge in [-0.15, -0.1) is 0 Å². The molecule has 7 heteroatoms. The first-order valence-corrected chi connectivity index (χ1v) is 5.73. The third-order valence-corrected chi connectivity index (χ3v) is 2.82. The number of nitro groups is 1. The fourth-order valence-corrected chi connectivity index (χ4v) is 1.99. The fourth-order valence-electron chi connectivity index (χ4n) is 1.99. The number of carboxylic acids is 1. The first-order chi connectivity index (χ1) is 9.50.